The summed E-state index contributed by atoms with van der Waals surface area (Å²) < 4.78 is 4.94. The second kappa shape index (κ2) is 20.6. The third-order valence-corrected chi connectivity index (χ3v) is 4.14. The molecule has 0 heterocycles. The molecular formula is C21H45NO2. The van der Waals surface area contributed by atoms with Crippen LogP contribution in [0, 0.1) is 0 Å². The maximum atomic E-state index is 10.1. The maximum Gasteiger partial charge on any atom is 0.119 e. The van der Waals surface area contributed by atoms with E-state index in [9.17, 15) is 4.79 Å². The van der Waals surface area contributed by atoms with Gasteiger partial charge in [0.25, 0.3) is 0 Å². The van der Waals surface area contributed by atoms with Gasteiger partial charge in [0.2, 0.25) is 0 Å². The summed E-state index contributed by atoms with van der Waals surface area (Å²) in [5.41, 5.74) is 5.50. The van der Waals surface area contributed by atoms with Gasteiger partial charge in [0.15, 0.2) is 0 Å². The fourth-order valence-corrected chi connectivity index (χ4v) is 2.32. The molecule has 24 heavy (non-hydrogen) atoms. The molecule has 0 aliphatic rings. The number of hydrogen-bond acceptors (Lipinski definition) is 3. The normalized spacial score (nSPS) is 11.0. The Bertz CT molecular complexity index is 236. The quantitative estimate of drug-likeness (QED) is 0.291. The van der Waals surface area contributed by atoms with Crippen molar-refractivity contribution < 1.29 is 9.53 Å². The van der Waals surface area contributed by atoms with Crippen LogP contribution < -0.4 is 5.73 Å². The Morgan fingerprint density at radius 3 is 1.25 bits per heavy atom. The first-order valence-electron chi connectivity index (χ1n) is 10.2. The van der Waals surface area contributed by atoms with Gasteiger partial charge in [0, 0.05) is 13.5 Å². The number of unbranched alkanes of at least 4 members (excludes halogenated alkanes) is 13. The van der Waals surface area contributed by atoms with E-state index in [1.165, 1.54) is 77.0 Å². The molecule has 0 atom stereocenters. The van der Waals surface area contributed by atoms with Crippen molar-refractivity contribution in [2.45, 2.75) is 116 Å². The molecule has 3 nitrogen and oxygen atoms in total. The summed E-state index contributed by atoms with van der Waals surface area (Å²) in [4.78, 5) is 10.1. The average Bonchev–Trinajstić information content (AvgIpc) is 2.55. The van der Waals surface area contributed by atoms with Crippen molar-refractivity contribution in [3.8, 4) is 0 Å². The number of aldehydes is 1. The van der Waals surface area contributed by atoms with Gasteiger partial charge in [-0.2, -0.15) is 0 Å². The molecule has 0 fully saturated rings. The smallest absolute Gasteiger partial charge is 0.119 e. The molecule has 2 N–H and O–H groups in total. The molecule has 0 saturated heterocycles. The summed E-state index contributed by atoms with van der Waals surface area (Å²) >= 11 is 0. The van der Waals surface area contributed by atoms with Gasteiger partial charge in [-0.1, -0.05) is 70.6 Å². The van der Waals surface area contributed by atoms with E-state index in [4.69, 9.17) is 10.5 Å². The second-order valence-electron chi connectivity index (χ2n) is 7.66. The predicted molar refractivity (Wildman–Crippen MR) is 107 cm³/mol. The standard InChI is InChI=1S/C16H33NO.C5H12O/c17-15-13-11-9-7-5-3-1-2-4-6-8-10-12-14-16-18;1-5(2,3)6-4/h16H,1-15,17H2;1-4H3. The van der Waals surface area contributed by atoms with Crippen molar-refractivity contribution in [1.29, 1.82) is 0 Å². The van der Waals surface area contributed by atoms with E-state index in [0.29, 0.717) is 0 Å². The van der Waals surface area contributed by atoms with E-state index >= 15 is 0 Å². The van der Waals surface area contributed by atoms with E-state index in [0.717, 1.165) is 25.7 Å². The van der Waals surface area contributed by atoms with Crippen LogP contribution in [-0.2, 0) is 9.53 Å². The molecule has 0 aromatic rings. The van der Waals surface area contributed by atoms with E-state index in [2.05, 4.69) is 0 Å². The van der Waals surface area contributed by atoms with Gasteiger partial charge in [0.1, 0.15) is 6.29 Å². The Morgan fingerprint density at radius 1 is 0.708 bits per heavy atom. The van der Waals surface area contributed by atoms with Crippen LogP contribution in [0.1, 0.15) is 111 Å². The number of carbonyl (C=O) groups excluding carboxylic acids is 1. The largest absolute Gasteiger partial charge is 0.379 e. The predicted octanol–water partition coefficient (Wildman–Crippen LogP) is 6.04. The lowest BCUT2D eigenvalue weighted by Crippen LogP contribution is -2.15. The summed E-state index contributed by atoms with van der Waals surface area (Å²) in [5.74, 6) is 0. The van der Waals surface area contributed by atoms with E-state index in [-0.39, 0.29) is 5.60 Å². The Labute approximate surface area is 152 Å². The van der Waals surface area contributed by atoms with Crippen LogP contribution in [-0.4, -0.2) is 25.5 Å². The van der Waals surface area contributed by atoms with Crippen molar-refractivity contribution in [2.75, 3.05) is 13.7 Å². The highest BCUT2D eigenvalue weighted by Gasteiger charge is 2.04. The van der Waals surface area contributed by atoms with Crippen LogP contribution in [0.2, 0.25) is 0 Å². The minimum absolute atomic E-state index is 0.0417. The molecule has 0 rings (SSSR count). The molecule has 0 spiro atoms. The molecule has 3 heteroatoms. The zero-order chi connectivity index (χ0) is 18.5. The molecule has 0 unspecified atom stereocenters. The van der Waals surface area contributed by atoms with E-state index in [1.807, 2.05) is 20.8 Å². The molecule has 0 aromatic carbocycles. The molecule has 146 valence electrons. The Kier molecular flexibility index (Phi) is 22.2. The molecule has 0 radical (unpaired) electrons. The van der Waals surface area contributed by atoms with Crippen LogP contribution in [0.5, 0.6) is 0 Å². The Hall–Kier alpha value is -0.410. The molecule has 0 aliphatic carbocycles. The third-order valence-electron chi connectivity index (χ3n) is 4.14. The minimum atomic E-state index is 0.0417. The Balaban J connectivity index is 0. The van der Waals surface area contributed by atoms with Gasteiger partial charge >= 0.3 is 0 Å². The first-order chi connectivity index (χ1) is 11.5. The Morgan fingerprint density at radius 2 is 1.00 bits per heavy atom. The first kappa shape index (κ1) is 25.8. The number of rotatable bonds is 15. The van der Waals surface area contributed by atoms with Crippen molar-refractivity contribution in [3.63, 3.8) is 0 Å². The number of methoxy groups -OCH3 is 1. The van der Waals surface area contributed by atoms with E-state index < -0.39 is 0 Å². The van der Waals surface area contributed by atoms with Crippen molar-refractivity contribution in [1.82, 2.24) is 0 Å². The molecule has 0 saturated carbocycles. The summed E-state index contributed by atoms with van der Waals surface area (Å²) in [5, 5.41) is 0. The summed E-state index contributed by atoms with van der Waals surface area (Å²) in [6.45, 7) is 6.92. The minimum Gasteiger partial charge on any atom is -0.379 e. The second-order valence-corrected chi connectivity index (χ2v) is 7.66. The molecule has 0 aliphatic heterocycles. The molecule has 0 bridgehead atoms. The number of carbonyl (C=O) groups is 1. The third kappa shape index (κ3) is 29.6. The molecule has 0 amide bonds. The zero-order valence-electron chi connectivity index (χ0n) is 17.1. The van der Waals surface area contributed by atoms with Gasteiger partial charge in [0.05, 0.1) is 5.60 Å². The van der Waals surface area contributed by atoms with Gasteiger partial charge in [-0.3, -0.25) is 0 Å². The van der Waals surface area contributed by atoms with Crippen LogP contribution >= 0.6 is 0 Å². The van der Waals surface area contributed by atoms with Gasteiger partial charge in [-0.15, -0.1) is 0 Å². The summed E-state index contributed by atoms with van der Waals surface area (Å²) in [6.07, 6.45) is 19.1. The SMILES string of the molecule is COC(C)(C)C.NCCCCCCCCCCCCCCCC=O. The number of hydrogen-bond donors (Lipinski definition) is 1. The topological polar surface area (TPSA) is 52.3 Å². The van der Waals surface area contributed by atoms with Crippen molar-refractivity contribution in [3.05, 3.63) is 0 Å². The monoisotopic (exact) mass is 343 g/mol. The first-order valence-corrected chi connectivity index (χ1v) is 10.2. The van der Waals surface area contributed by atoms with Gasteiger partial charge in [-0.05, 0) is 40.2 Å². The summed E-state index contributed by atoms with van der Waals surface area (Å²) in [6, 6.07) is 0. The maximum absolute atomic E-state index is 10.1. The van der Waals surface area contributed by atoms with Crippen LogP contribution in [0.15, 0.2) is 0 Å². The average molecular weight is 344 g/mol. The van der Waals surface area contributed by atoms with Crippen LogP contribution in [0.4, 0.5) is 0 Å². The van der Waals surface area contributed by atoms with Crippen molar-refractivity contribution in [2.24, 2.45) is 5.73 Å². The lowest BCUT2D eigenvalue weighted by Gasteiger charge is -2.14. The number of nitrogens with two attached hydrogens (primary N) is 1. The van der Waals surface area contributed by atoms with Gasteiger partial charge in [-0.25, -0.2) is 0 Å². The fraction of sp³-hybridized carbons (Fsp3) is 0.952. The molecular weight excluding hydrogens is 298 g/mol. The molecule has 0 aromatic heterocycles. The van der Waals surface area contributed by atoms with E-state index in [1.54, 1.807) is 7.11 Å². The van der Waals surface area contributed by atoms with Crippen molar-refractivity contribution >= 4 is 6.29 Å². The highest BCUT2D eigenvalue weighted by molar-refractivity contribution is 5.48. The van der Waals surface area contributed by atoms with Crippen LogP contribution in [0.25, 0.3) is 0 Å². The van der Waals surface area contributed by atoms with Gasteiger partial charge < -0.3 is 15.3 Å². The zero-order valence-corrected chi connectivity index (χ0v) is 17.1. The summed E-state index contributed by atoms with van der Waals surface area (Å²) in [7, 11) is 1.71. The number of ether oxygens (including phenoxy) is 1. The lowest BCUT2D eigenvalue weighted by molar-refractivity contribution is -0.107. The fourth-order valence-electron chi connectivity index (χ4n) is 2.32. The van der Waals surface area contributed by atoms with Crippen LogP contribution in [0.3, 0.4) is 0 Å². The highest BCUT2D eigenvalue weighted by atomic mass is 16.5. The highest BCUT2D eigenvalue weighted by Crippen LogP contribution is 2.12. The lowest BCUT2D eigenvalue weighted by atomic mass is 10.0.